The van der Waals surface area contributed by atoms with E-state index in [1.807, 2.05) is 32.0 Å². The SMILES string of the molecule is Cc1ccc(C(CCOCC(F)F)NN)cc1C. The Morgan fingerprint density at radius 2 is 2.00 bits per heavy atom. The number of hydrazine groups is 1. The van der Waals surface area contributed by atoms with Gasteiger partial charge in [0.2, 0.25) is 0 Å². The fraction of sp³-hybridized carbons (Fsp3) is 0.538. The standard InChI is InChI=1S/C13H20F2N2O/c1-9-3-4-11(7-10(9)2)12(17-16)5-6-18-8-13(14)15/h3-4,7,12-13,17H,5-6,8,16H2,1-2H3. The monoisotopic (exact) mass is 258 g/mol. The third-order valence-electron chi connectivity index (χ3n) is 2.93. The van der Waals surface area contributed by atoms with Gasteiger partial charge in [0.1, 0.15) is 6.61 Å². The molecular weight excluding hydrogens is 238 g/mol. The molecule has 5 heteroatoms. The zero-order valence-corrected chi connectivity index (χ0v) is 10.7. The van der Waals surface area contributed by atoms with Crippen molar-refractivity contribution in [3.8, 4) is 0 Å². The lowest BCUT2D eigenvalue weighted by atomic mass is 10.00. The van der Waals surface area contributed by atoms with Crippen LogP contribution in [0.1, 0.15) is 29.2 Å². The molecule has 3 nitrogen and oxygen atoms in total. The van der Waals surface area contributed by atoms with E-state index in [4.69, 9.17) is 10.6 Å². The molecule has 0 heterocycles. The maximum absolute atomic E-state index is 11.9. The molecule has 0 radical (unpaired) electrons. The summed E-state index contributed by atoms with van der Waals surface area (Å²) in [4.78, 5) is 0. The molecule has 0 amide bonds. The van der Waals surface area contributed by atoms with E-state index in [9.17, 15) is 8.78 Å². The number of halogens is 2. The first-order chi connectivity index (χ1) is 8.54. The van der Waals surface area contributed by atoms with Crippen molar-refractivity contribution in [2.75, 3.05) is 13.2 Å². The topological polar surface area (TPSA) is 47.3 Å². The fourth-order valence-corrected chi connectivity index (χ4v) is 1.70. The van der Waals surface area contributed by atoms with Gasteiger partial charge >= 0.3 is 0 Å². The zero-order valence-electron chi connectivity index (χ0n) is 10.7. The summed E-state index contributed by atoms with van der Waals surface area (Å²) in [6, 6.07) is 5.98. The number of benzene rings is 1. The largest absolute Gasteiger partial charge is 0.375 e. The van der Waals surface area contributed by atoms with Crippen LogP contribution < -0.4 is 11.3 Å². The van der Waals surface area contributed by atoms with Crippen LogP contribution in [0.15, 0.2) is 18.2 Å². The third kappa shape index (κ3) is 4.68. The Hall–Kier alpha value is -1.04. The molecule has 0 aromatic heterocycles. The van der Waals surface area contributed by atoms with Gasteiger partial charge in [-0.3, -0.25) is 11.3 Å². The number of nitrogens with two attached hydrogens (primary N) is 1. The van der Waals surface area contributed by atoms with Crippen LogP contribution in [0.25, 0.3) is 0 Å². The molecule has 0 aliphatic heterocycles. The van der Waals surface area contributed by atoms with Crippen LogP contribution in [0.2, 0.25) is 0 Å². The fourth-order valence-electron chi connectivity index (χ4n) is 1.70. The van der Waals surface area contributed by atoms with Crippen LogP contribution in [0.3, 0.4) is 0 Å². The minimum Gasteiger partial charge on any atom is -0.375 e. The summed E-state index contributed by atoms with van der Waals surface area (Å²) < 4.78 is 28.6. The Labute approximate surface area is 106 Å². The second kappa shape index (κ2) is 7.41. The number of hydrogen-bond donors (Lipinski definition) is 2. The number of ether oxygens (including phenoxy) is 1. The minimum atomic E-state index is -2.42. The average Bonchev–Trinajstić information content (AvgIpc) is 2.33. The highest BCUT2D eigenvalue weighted by molar-refractivity contribution is 5.31. The Morgan fingerprint density at radius 3 is 2.56 bits per heavy atom. The molecule has 0 spiro atoms. The van der Waals surface area contributed by atoms with Crippen LogP contribution in [0, 0.1) is 13.8 Å². The molecule has 1 atom stereocenters. The van der Waals surface area contributed by atoms with Crippen LogP contribution in [-0.4, -0.2) is 19.6 Å². The summed E-state index contributed by atoms with van der Waals surface area (Å²) in [5, 5.41) is 0. The summed E-state index contributed by atoms with van der Waals surface area (Å²) in [5.41, 5.74) is 6.12. The minimum absolute atomic E-state index is 0.0815. The first-order valence-corrected chi connectivity index (χ1v) is 5.93. The van der Waals surface area contributed by atoms with E-state index < -0.39 is 13.0 Å². The second-order valence-electron chi connectivity index (χ2n) is 4.32. The lowest BCUT2D eigenvalue weighted by molar-refractivity contribution is 0.0143. The van der Waals surface area contributed by atoms with Crippen LogP contribution >= 0.6 is 0 Å². The molecule has 1 aromatic carbocycles. The lowest BCUT2D eigenvalue weighted by Crippen LogP contribution is -2.29. The van der Waals surface area contributed by atoms with Crippen molar-refractivity contribution >= 4 is 0 Å². The van der Waals surface area contributed by atoms with Crippen molar-refractivity contribution in [3.63, 3.8) is 0 Å². The van der Waals surface area contributed by atoms with Gasteiger partial charge in [0.15, 0.2) is 0 Å². The second-order valence-corrected chi connectivity index (χ2v) is 4.32. The summed E-state index contributed by atoms with van der Waals surface area (Å²) in [5.74, 6) is 5.48. The quantitative estimate of drug-likeness (QED) is 0.449. The van der Waals surface area contributed by atoms with E-state index in [0.717, 1.165) is 5.56 Å². The molecule has 0 saturated heterocycles. The average molecular weight is 258 g/mol. The lowest BCUT2D eigenvalue weighted by Gasteiger charge is -2.17. The van der Waals surface area contributed by atoms with Crippen molar-refractivity contribution in [3.05, 3.63) is 34.9 Å². The van der Waals surface area contributed by atoms with Gasteiger partial charge in [0, 0.05) is 12.6 Å². The molecule has 0 aliphatic carbocycles. The van der Waals surface area contributed by atoms with Crippen molar-refractivity contribution in [2.24, 2.45) is 5.84 Å². The van der Waals surface area contributed by atoms with Crippen LogP contribution in [0.4, 0.5) is 8.78 Å². The Morgan fingerprint density at radius 1 is 1.28 bits per heavy atom. The maximum Gasteiger partial charge on any atom is 0.261 e. The van der Waals surface area contributed by atoms with Gasteiger partial charge < -0.3 is 4.74 Å². The number of alkyl halides is 2. The van der Waals surface area contributed by atoms with Gasteiger partial charge in [-0.25, -0.2) is 8.78 Å². The first-order valence-electron chi connectivity index (χ1n) is 5.93. The summed E-state index contributed by atoms with van der Waals surface area (Å²) in [6.45, 7) is 3.80. The number of aryl methyl sites for hydroxylation is 2. The van der Waals surface area contributed by atoms with E-state index in [0.29, 0.717) is 6.42 Å². The highest BCUT2D eigenvalue weighted by Crippen LogP contribution is 2.19. The van der Waals surface area contributed by atoms with Gasteiger partial charge in [-0.15, -0.1) is 0 Å². The van der Waals surface area contributed by atoms with Crippen LogP contribution in [0.5, 0.6) is 0 Å². The van der Waals surface area contributed by atoms with Crippen molar-refractivity contribution < 1.29 is 13.5 Å². The van der Waals surface area contributed by atoms with E-state index >= 15 is 0 Å². The maximum atomic E-state index is 11.9. The molecule has 0 saturated carbocycles. The number of hydrogen-bond acceptors (Lipinski definition) is 3. The van der Waals surface area contributed by atoms with Crippen LogP contribution in [-0.2, 0) is 4.74 Å². The zero-order chi connectivity index (χ0) is 13.5. The molecule has 0 fully saturated rings. The third-order valence-corrected chi connectivity index (χ3v) is 2.93. The highest BCUT2D eigenvalue weighted by Gasteiger charge is 2.11. The summed E-state index contributed by atoms with van der Waals surface area (Å²) in [6.07, 6.45) is -1.86. The van der Waals surface area contributed by atoms with Gasteiger partial charge in [-0.05, 0) is 37.0 Å². The molecular formula is C13H20F2N2O. The van der Waals surface area contributed by atoms with Gasteiger partial charge in [0.05, 0.1) is 0 Å². The highest BCUT2D eigenvalue weighted by atomic mass is 19.3. The Balaban J connectivity index is 2.52. The van der Waals surface area contributed by atoms with Gasteiger partial charge in [-0.1, -0.05) is 18.2 Å². The molecule has 102 valence electrons. The van der Waals surface area contributed by atoms with E-state index in [2.05, 4.69) is 5.43 Å². The predicted molar refractivity (Wildman–Crippen MR) is 67.4 cm³/mol. The Kier molecular flexibility index (Phi) is 6.18. The summed E-state index contributed by atoms with van der Waals surface area (Å²) in [7, 11) is 0. The van der Waals surface area contributed by atoms with E-state index in [1.165, 1.54) is 11.1 Å². The molecule has 1 rings (SSSR count). The molecule has 3 N–H and O–H groups in total. The number of nitrogens with one attached hydrogen (secondary N) is 1. The molecule has 18 heavy (non-hydrogen) atoms. The van der Waals surface area contributed by atoms with E-state index in [1.54, 1.807) is 0 Å². The molecule has 0 aliphatic rings. The predicted octanol–water partition coefficient (Wildman–Crippen LogP) is 2.48. The van der Waals surface area contributed by atoms with Gasteiger partial charge in [-0.2, -0.15) is 0 Å². The summed E-state index contributed by atoms with van der Waals surface area (Å²) >= 11 is 0. The van der Waals surface area contributed by atoms with Crippen molar-refractivity contribution in [2.45, 2.75) is 32.7 Å². The van der Waals surface area contributed by atoms with Crippen molar-refractivity contribution in [1.29, 1.82) is 0 Å². The number of rotatable bonds is 7. The molecule has 0 bridgehead atoms. The first kappa shape index (κ1) is 15.0. The Bertz CT molecular complexity index is 372. The molecule has 1 unspecified atom stereocenters. The smallest absolute Gasteiger partial charge is 0.261 e. The van der Waals surface area contributed by atoms with Crippen molar-refractivity contribution in [1.82, 2.24) is 5.43 Å². The normalized spacial score (nSPS) is 13.0. The van der Waals surface area contributed by atoms with E-state index in [-0.39, 0.29) is 12.6 Å². The van der Waals surface area contributed by atoms with Gasteiger partial charge in [0.25, 0.3) is 6.43 Å². The molecule has 1 aromatic rings.